The number of rotatable bonds is 5. The van der Waals surface area contributed by atoms with Gasteiger partial charge >= 0.3 is 0 Å². The number of halogens is 1. The smallest absolute Gasteiger partial charge is 0.142 e. The van der Waals surface area contributed by atoms with E-state index in [4.69, 9.17) is 15.0 Å². The lowest BCUT2D eigenvalue weighted by molar-refractivity contribution is 0.302. The predicted octanol–water partition coefficient (Wildman–Crippen LogP) is 2.23. The predicted molar refractivity (Wildman–Crippen MR) is 80.2 cm³/mol. The van der Waals surface area contributed by atoms with Gasteiger partial charge in [-0.05, 0) is 26.0 Å². The average molecular weight is 317 g/mol. The molecule has 0 amide bonds. The molecule has 2 heterocycles. The molecule has 3 rings (SSSR count). The highest BCUT2D eigenvalue weighted by molar-refractivity contribution is 5.52. The fraction of sp³-hybridized carbons (Fsp3) is 0.267. The number of hydrogen-bond acceptors (Lipinski definition) is 6. The summed E-state index contributed by atoms with van der Waals surface area (Å²) in [4.78, 5) is 0. The second kappa shape index (κ2) is 6.07. The van der Waals surface area contributed by atoms with Crippen LogP contribution in [0.1, 0.15) is 22.7 Å². The van der Waals surface area contributed by atoms with E-state index in [0.29, 0.717) is 18.0 Å². The molecule has 0 fully saturated rings. The molecule has 23 heavy (non-hydrogen) atoms. The summed E-state index contributed by atoms with van der Waals surface area (Å²) in [5.74, 6) is 0.766. The number of nitrogens with zero attached hydrogens (tertiary/aromatic N) is 4. The minimum absolute atomic E-state index is 0.192. The molecule has 8 heteroatoms. The van der Waals surface area contributed by atoms with E-state index in [-0.39, 0.29) is 12.3 Å². The van der Waals surface area contributed by atoms with Gasteiger partial charge in [-0.25, -0.2) is 9.07 Å². The number of anilines is 1. The van der Waals surface area contributed by atoms with Gasteiger partial charge in [0, 0.05) is 11.6 Å². The maximum atomic E-state index is 13.0. The Morgan fingerprint density at radius 1 is 1.35 bits per heavy atom. The molecule has 0 saturated heterocycles. The topological polar surface area (TPSA) is 92.0 Å². The van der Waals surface area contributed by atoms with Crippen molar-refractivity contribution in [2.75, 3.05) is 5.73 Å². The summed E-state index contributed by atoms with van der Waals surface area (Å²) in [6.07, 6.45) is 1.77. The maximum absolute atomic E-state index is 13.0. The Balaban J connectivity index is 1.65. The lowest BCUT2D eigenvalue weighted by atomic mass is 10.2. The third-order valence-electron chi connectivity index (χ3n) is 3.43. The first kappa shape index (κ1) is 15.0. The number of aromatic nitrogens is 4. The fourth-order valence-corrected chi connectivity index (χ4v) is 2.17. The average Bonchev–Trinajstić information content (AvgIpc) is 3.08. The van der Waals surface area contributed by atoms with Crippen molar-refractivity contribution >= 4 is 5.69 Å². The molecule has 0 saturated carbocycles. The second-order valence-electron chi connectivity index (χ2n) is 5.18. The van der Waals surface area contributed by atoms with E-state index in [1.807, 2.05) is 13.8 Å². The van der Waals surface area contributed by atoms with Crippen LogP contribution in [0.25, 0.3) is 0 Å². The summed E-state index contributed by atoms with van der Waals surface area (Å²) in [7, 11) is 0. The van der Waals surface area contributed by atoms with Crippen LogP contribution in [-0.4, -0.2) is 20.2 Å². The first-order valence-corrected chi connectivity index (χ1v) is 7.01. The lowest BCUT2D eigenvalue weighted by Gasteiger charge is -2.06. The molecule has 0 aliphatic rings. The van der Waals surface area contributed by atoms with Crippen molar-refractivity contribution in [3.05, 3.63) is 52.9 Å². The first-order valence-electron chi connectivity index (χ1n) is 7.01. The number of nitrogens with two attached hydrogens (primary N) is 1. The Morgan fingerprint density at radius 2 is 2.17 bits per heavy atom. The van der Waals surface area contributed by atoms with Crippen LogP contribution in [0, 0.1) is 19.7 Å². The minimum Gasteiger partial charge on any atom is -0.485 e. The third kappa shape index (κ3) is 3.31. The largest absolute Gasteiger partial charge is 0.485 e. The third-order valence-corrected chi connectivity index (χ3v) is 3.43. The van der Waals surface area contributed by atoms with E-state index in [9.17, 15) is 4.39 Å². The van der Waals surface area contributed by atoms with Gasteiger partial charge in [0.05, 0.1) is 24.1 Å². The molecule has 0 unspecified atom stereocenters. The molecule has 0 bridgehead atoms. The highest BCUT2D eigenvalue weighted by Gasteiger charge is 2.11. The monoisotopic (exact) mass is 317 g/mol. The van der Waals surface area contributed by atoms with Crippen molar-refractivity contribution in [1.29, 1.82) is 0 Å². The summed E-state index contributed by atoms with van der Waals surface area (Å²) >= 11 is 0. The van der Waals surface area contributed by atoms with Crippen LogP contribution >= 0.6 is 0 Å². The zero-order chi connectivity index (χ0) is 16.4. The van der Waals surface area contributed by atoms with Gasteiger partial charge in [-0.2, -0.15) is 0 Å². The molecule has 0 aliphatic carbocycles. The fourth-order valence-electron chi connectivity index (χ4n) is 2.17. The summed E-state index contributed by atoms with van der Waals surface area (Å²) in [6.45, 7) is 4.45. The van der Waals surface area contributed by atoms with Crippen molar-refractivity contribution in [3.8, 4) is 5.75 Å². The SMILES string of the molecule is Cc1noc(C)c1Cn1cc(COc2ccc(F)cc2N)nn1. The molecule has 0 atom stereocenters. The van der Waals surface area contributed by atoms with E-state index >= 15 is 0 Å². The van der Waals surface area contributed by atoms with Crippen molar-refractivity contribution < 1.29 is 13.7 Å². The van der Waals surface area contributed by atoms with Crippen molar-refractivity contribution in [2.24, 2.45) is 0 Å². The van der Waals surface area contributed by atoms with Gasteiger partial charge in [0.25, 0.3) is 0 Å². The summed E-state index contributed by atoms with van der Waals surface area (Å²) in [6, 6.07) is 3.99. The van der Waals surface area contributed by atoms with Crippen LogP contribution in [0.2, 0.25) is 0 Å². The van der Waals surface area contributed by atoms with E-state index in [1.54, 1.807) is 10.9 Å². The Kier molecular flexibility index (Phi) is 3.96. The first-order chi connectivity index (χ1) is 11.0. The Morgan fingerprint density at radius 3 is 2.87 bits per heavy atom. The second-order valence-corrected chi connectivity index (χ2v) is 5.18. The lowest BCUT2D eigenvalue weighted by Crippen LogP contribution is -2.02. The normalized spacial score (nSPS) is 10.9. The molecular weight excluding hydrogens is 301 g/mol. The van der Waals surface area contributed by atoms with Gasteiger partial charge in [-0.15, -0.1) is 5.10 Å². The number of ether oxygens (including phenoxy) is 1. The van der Waals surface area contributed by atoms with E-state index in [2.05, 4.69) is 15.5 Å². The molecule has 0 aliphatic heterocycles. The maximum Gasteiger partial charge on any atom is 0.142 e. The van der Waals surface area contributed by atoms with Crippen molar-refractivity contribution in [1.82, 2.24) is 20.2 Å². The minimum atomic E-state index is -0.403. The van der Waals surface area contributed by atoms with Crippen LogP contribution in [0.3, 0.4) is 0 Å². The van der Waals surface area contributed by atoms with Gasteiger partial charge in [0.1, 0.15) is 29.6 Å². The number of benzene rings is 1. The van der Waals surface area contributed by atoms with Crippen LogP contribution in [0.15, 0.2) is 28.9 Å². The summed E-state index contributed by atoms with van der Waals surface area (Å²) in [5, 5.41) is 12.0. The Hall–Kier alpha value is -2.90. The Bertz CT molecular complexity index is 808. The quantitative estimate of drug-likeness (QED) is 0.726. The molecule has 2 N–H and O–H groups in total. The highest BCUT2D eigenvalue weighted by atomic mass is 19.1. The molecule has 7 nitrogen and oxygen atoms in total. The summed E-state index contributed by atoms with van der Waals surface area (Å²) in [5.41, 5.74) is 8.38. The van der Waals surface area contributed by atoms with Gasteiger partial charge < -0.3 is 15.0 Å². The molecular formula is C15H16FN5O2. The van der Waals surface area contributed by atoms with Gasteiger partial charge in [-0.1, -0.05) is 10.4 Å². The molecule has 3 aromatic rings. The molecule has 0 spiro atoms. The molecule has 1 aromatic carbocycles. The van der Waals surface area contributed by atoms with E-state index in [0.717, 1.165) is 17.0 Å². The zero-order valence-electron chi connectivity index (χ0n) is 12.8. The van der Waals surface area contributed by atoms with E-state index < -0.39 is 5.82 Å². The van der Waals surface area contributed by atoms with Crippen LogP contribution in [0.4, 0.5) is 10.1 Å². The number of hydrogen-bond donors (Lipinski definition) is 1. The number of nitrogen functional groups attached to an aromatic ring is 1. The van der Waals surface area contributed by atoms with Gasteiger partial charge in [0.2, 0.25) is 0 Å². The van der Waals surface area contributed by atoms with Crippen LogP contribution in [-0.2, 0) is 13.2 Å². The highest BCUT2D eigenvalue weighted by Crippen LogP contribution is 2.22. The Labute approximate surface area is 131 Å². The number of aryl methyl sites for hydroxylation is 2. The van der Waals surface area contributed by atoms with Crippen molar-refractivity contribution in [2.45, 2.75) is 27.0 Å². The zero-order valence-corrected chi connectivity index (χ0v) is 12.8. The molecule has 120 valence electrons. The van der Waals surface area contributed by atoms with Gasteiger partial charge in [0.15, 0.2) is 0 Å². The van der Waals surface area contributed by atoms with Gasteiger partial charge in [-0.3, -0.25) is 0 Å². The summed E-state index contributed by atoms with van der Waals surface area (Å²) < 4.78 is 25.3. The molecule has 2 aromatic heterocycles. The van der Waals surface area contributed by atoms with Crippen LogP contribution < -0.4 is 10.5 Å². The van der Waals surface area contributed by atoms with E-state index in [1.165, 1.54) is 18.2 Å². The molecule has 0 radical (unpaired) electrons. The van der Waals surface area contributed by atoms with Crippen LogP contribution in [0.5, 0.6) is 5.75 Å². The standard InChI is InChI=1S/C15H16FN5O2/c1-9-13(10(2)23-19-9)7-21-6-12(18-20-21)8-22-15-4-3-11(16)5-14(15)17/h3-6H,7-8,17H2,1-2H3. The van der Waals surface area contributed by atoms with Crippen molar-refractivity contribution in [3.63, 3.8) is 0 Å².